The van der Waals surface area contributed by atoms with Crippen molar-refractivity contribution < 1.29 is 4.52 Å². The van der Waals surface area contributed by atoms with Gasteiger partial charge < -0.3 is 15.2 Å². The summed E-state index contributed by atoms with van der Waals surface area (Å²) >= 11 is 0. The molecule has 2 heterocycles. The van der Waals surface area contributed by atoms with Crippen LogP contribution in [0, 0.1) is 0 Å². The zero-order valence-corrected chi connectivity index (χ0v) is 14.9. The summed E-state index contributed by atoms with van der Waals surface area (Å²) in [5, 5.41) is 4.11. The third-order valence-electron chi connectivity index (χ3n) is 5.39. The van der Waals surface area contributed by atoms with Crippen molar-refractivity contribution in [3.8, 4) is 0 Å². The van der Waals surface area contributed by atoms with Crippen molar-refractivity contribution in [3.63, 3.8) is 0 Å². The van der Waals surface area contributed by atoms with Crippen molar-refractivity contribution in [2.75, 3.05) is 11.4 Å². The molecule has 2 N–H and O–H groups in total. The SMILES string of the molecule is CC1CCc2ccccc2N1CCc1nc(C2(N)CCC2)no1.Cl. The maximum Gasteiger partial charge on any atom is 0.228 e. The minimum absolute atomic E-state index is 0. The molecule has 0 radical (unpaired) electrons. The molecule has 2 aromatic rings. The Balaban J connectivity index is 0.00000169. The molecule has 1 fully saturated rings. The minimum Gasteiger partial charge on any atom is -0.368 e. The highest BCUT2D eigenvalue weighted by Gasteiger charge is 2.39. The number of anilines is 1. The topological polar surface area (TPSA) is 68.2 Å². The Bertz CT molecular complexity index is 698. The Kier molecular flexibility index (Phi) is 4.83. The molecule has 5 nitrogen and oxygen atoms in total. The van der Waals surface area contributed by atoms with Gasteiger partial charge in [-0.15, -0.1) is 12.4 Å². The van der Waals surface area contributed by atoms with Gasteiger partial charge in [-0.25, -0.2) is 0 Å². The molecule has 6 heteroatoms. The molecule has 24 heavy (non-hydrogen) atoms. The fourth-order valence-electron chi connectivity index (χ4n) is 3.66. The van der Waals surface area contributed by atoms with E-state index in [0.717, 1.165) is 38.6 Å². The Morgan fingerprint density at radius 3 is 2.88 bits per heavy atom. The van der Waals surface area contributed by atoms with Crippen molar-refractivity contribution in [2.24, 2.45) is 5.73 Å². The molecular weight excluding hydrogens is 324 g/mol. The first-order valence-electron chi connectivity index (χ1n) is 8.62. The van der Waals surface area contributed by atoms with E-state index in [9.17, 15) is 0 Å². The molecule has 1 atom stereocenters. The Morgan fingerprint density at radius 1 is 1.33 bits per heavy atom. The van der Waals surface area contributed by atoms with E-state index >= 15 is 0 Å². The molecule has 1 aliphatic heterocycles. The number of para-hydroxylation sites is 1. The van der Waals surface area contributed by atoms with Crippen LogP contribution < -0.4 is 10.6 Å². The summed E-state index contributed by atoms with van der Waals surface area (Å²) in [7, 11) is 0. The predicted molar refractivity (Wildman–Crippen MR) is 96.5 cm³/mol. The number of nitrogens with zero attached hydrogens (tertiary/aromatic N) is 3. The van der Waals surface area contributed by atoms with Crippen LogP contribution in [0.1, 0.15) is 49.9 Å². The number of aromatic nitrogens is 2. The molecule has 1 aromatic heterocycles. The van der Waals surface area contributed by atoms with E-state index in [1.807, 2.05) is 0 Å². The third kappa shape index (κ3) is 3.03. The van der Waals surface area contributed by atoms with Gasteiger partial charge >= 0.3 is 0 Å². The van der Waals surface area contributed by atoms with Crippen molar-refractivity contribution >= 4 is 18.1 Å². The van der Waals surface area contributed by atoms with Gasteiger partial charge in [-0.3, -0.25) is 0 Å². The van der Waals surface area contributed by atoms with Crippen molar-refractivity contribution in [1.82, 2.24) is 10.1 Å². The van der Waals surface area contributed by atoms with E-state index in [0.29, 0.717) is 17.8 Å². The van der Waals surface area contributed by atoms with Crippen LogP contribution in [0.5, 0.6) is 0 Å². The highest BCUT2D eigenvalue weighted by molar-refractivity contribution is 5.85. The van der Waals surface area contributed by atoms with Crippen molar-refractivity contribution in [2.45, 2.75) is 57.0 Å². The van der Waals surface area contributed by atoms with Gasteiger partial charge in [-0.2, -0.15) is 4.98 Å². The average Bonchev–Trinajstić information content (AvgIpc) is 3.01. The van der Waals surface area contributed by atoms with Crippen LogP contribution in [-0.2, 0) is 18.4 Å². The van der Waals surface area contributed by atoms with Gasteiger partial charge in [0.2, 0.25) is 5.89 Å². The molecule has 0 bridgehead atoms. The quantitative estimate of drug-likeness (QED) is 0.918. The van der Waals surface area contributed by atoms with Crippen LogP contribution in [0.15, 0.2) is 28.8 Å². The average molecular weight is 349 g/mol. The summed E-state index contributed by atoms with van der Waals surface area (Å²) in [5.74, 6) is 1.39. The second kappa shape index (κ2) is 6.73. The number of nitrogens with two attached hydrogens (primary N) is 1. The minimum atomic E-state index is -0.341. The normalized spacial score (nSPS) is 21.6. The standard InChI is InChI=1S/C18H24N4O.ClH/c1-13-7-8-14-5-2-3-6-15(14)22(13)12-9-16-20-17(21-23-16)18(19)10-4-11-18;/h2-3,5-6,13H,4,7-12,19H2,1H3;1H. The van der Waals surface area contributed by atoms with Crippen LogP contribution in [-0.4, -0.2) is 22.7 Å². The largest absolute Gasteiger partial charge is 0.368 e. The number of aryl methyl sites for hydroxylation is 1. The van der Waals surface area contributed by atoms with Gasteiger partial charge in [0.1, 0.15) is 0 Å². The van der Waals surface area contributed by atoms with Crippen LogP contribution in [0.25, 0.3) is 0 Å². The Labute approximate surface area is 149 Å². The summed E-state index contributed by atoms with van der Waals surface area (Å²) in [6.07, 6.45) is 6.20. The number of hydrogen-bond donors (Lipinski definition) is 1. The second-order valence-electron chi connectivity index (χ2n) is 6.98. The summed E-state index contributed by atoms with van der Waals surface area (Å²) < 4.78 is 5.43. The van der Waals surface area contributed by atoms with E-state index in [2.05, 4.69) is 46.2 Å². The first kappa shape index (κ1) is 17.2. The first-order valence-corrected chi connectivity index (χ1v) is 8.62. The van der Waals surface area contributed by atoms with Gasteiger partial charge in [0.25, 0.3) is 0 Å². The molecule has 130 valence electrons. The summed E-state index contributed by atoms with van der Waals surface area (Å²) in [4.78, 5) is 7.00. The van der Waals surface area contributed by atoms with Gasteiger partial charge in [0.15, 0.2) is 5.82 Å². The van der Waals surface area contributed by atoms with Crippen molar-refractivity contribution in [1.29, 1.82) is 0 Å². The van der Waals surface area contributed by atoms with Crippen LogP contribution in [0.4, 0.5) is 5.69 Å². The molecule has 4 rings (SSSR count). The molecule has 0 saturated heterocycles. The molecule has 0 amide bonds. The highest BCUT2D eigenvalue weighted by Crippen LogP contribution is 2.37. The van der Waals surface area contributed by atoms with E-state index in [1.165, 1.54) is 17.7 Å². The lowest BCUT2D eigenvalue weighted by molar-refractivity contribution is 0.229. The predicted octanol–water partition coefficient (Wildman–Crippen LogP) is 3.21. The number of hydrogen-bond acceptors (Lipinski definition) is 5. The van der Waals surface area contributed by atoms with Gasteiger partial charge in [-0.1, -0.05) is 23.4 Å². The van der Waals surface area contributed by atoms with Gasteiger partial charge in [0.05, 0.1) is 5.54 Å². The number of benzene rings is 1. The Hall–Kier alpha value is -1.59. The maximum absolute atomic E-state index is 6.27. The molecule has 1 aromatic carbocycles. The van der Waals surface area contributed by atoms with Crippen LogP contribution in [0.3, 0.4) is 0 Å². The van der Waals surface area contributed by atoms with E-state index < -0.39 is 0 Å². The smallest absolute Gasteiger partial charge is 0.228 e. The molecule has 0 spiro atoms. The summed E-state index contributed by atoms with van der Waals surface area (Å²) in [6.45, 7) is 3.19. The van der Waals surface area contributed by atoms with Gasteiger partial charge in [-0.05, 0) is 50.7 Å². The van der Waals surface area contributed by atoms with Crippen LogP contribution in [0.2, 0.25) is 0 Å². The van der Waals surface area contributed by atoms with E-state index in [4.69, 9.17) is 10.3 Å². The van der Waals surface area contributed by atoms with Gasteiger partial charge in [0, 0.05) is 24.7 Å². The summed E-state index contributed by atoms with van der Waals surface area (Å²) in [6, 6.07) is 9.22. The third-order valence-corrected chi connectivity index (χ3v) is 5.39. The first-order chi connectivity index (χ1) is 11.2. The molecule has 2 aliphatic rings. The van der Waals surface area contributed by atoms with Crippen LogP contribution >= 0.6 is 12.4 Å². The fourth-order valence-corrected chi connectivity index (χ4v) is 3.66. The fraction of sp³-hybridized carbons (Fsp3) is 0.556. The zero-order chi connectivity index (χ0) is 15.9. The maximum atomic E-state index is 6.27. The molecule has 1 aliphatic carbocycles. The number of halogens is 1. The van der Waals surface area contributed by atoms with E-state index in [-0.39, 0.29) is 17.9 Å². The van der Waals surface area contributed by atoms with Crippen molar-refractivity contribution in [3.05, 3.63) is 41.5 Å². The lowest BCUT2D eigenvalue weighted by Gasteiger charge is -2.37. The highest BCUT2D eigenvalue weighted by atomic mass is 35.5. The van der Waals surface area contributed by atoms with E-state index in [1.54, 1.807) is 0 Å². The Morgan fingerprint density at radius 2 is 2.12 bits per heavy atom. The summed E-state index contributed by atoms with van der Waals surface area (Å²) in [5.41, 5.74) is 8.71. The number of rotatable bonds is 4. The number of fused-ring (bicyclic) bond motifs is 1. The lowest BCUT2D eigenvalue weighted by Crippen LogP contribution is -2.44. The lowest BCUT2D eigenvalue weighted by atomic mass is 9.77. The second-order valence-corrected chi connectivity index (χ2v) is 6.98. The molecular formula is C18H25ClN4O. The zero-order valence-electron chi connectivity index (χ0n) is 14.1. The molecule has 1 saturated carbocycles. The molecule has 1 unspecified atom stereocenters. The monoisotopic (exact) mass is 348 g/mol.